The van der Waals surface area contributed by atoms with Crippen LogP contribution in [0, 0.1) is 4.84 Å². The summed E-state index contributed by atoms with van der Waals surface area (Å²) in [6.45, 7) is 7.87. The van der Waals surface area contributed by atoms with Crippen LogP contribution in [0.15, 0.2) is 27.5 Å². The Hall–Kier alpha value is -1.22. The van der Waals surface area contributed by atoms with Gasteiger partial charge in [0.05, 0.1) is 35.0 Å². The lowest BCUT2D eigenvalue weighted by Crippen LogP contribution is -2.45. The van der Waals surface area contributed by atoms with Gasteiger partial charge in [0, 0.05) is 13.1 Å². The Morgan fingerprint density at radius 1 is 1.25 bits per heavy atom. The summed E-state index contributed by atoms with van der Waals surface area (Å²) in [5.41, 5.74) is 1.31. The molecule has 0 amide bonds. The highest BCUT2D eigenvalue weighted by Gasteiger charge is 2.23. The van der Waals surface area contributed by atoms with Crippen LogP contribution in [0.25, 0.3) is 11.1 Å². The molecule has 1 saturated heterocycles. The average Bonchev–Trinajstić information content (AvgIpc) is 2.81. The lowest BCUT2D eigenvalue weighted by atomic mass is 10.2. The maximum Gasteiger partial charge on any atom is 0.270 e. The van der Waals surface area contributed by atoms with Gasteiger partial charge in [-0.15, -0.1) is 0 Å². The van der Waals surface area contributed by atoms with Gasteiger partial charge in [-0.05, 0) is 44.3 Å². The number of fused-ring (bicyclic) bond motifs is 1. The van der Waals surface area contributed by atoms with Crippen molar-refractivity contribution >= 4 is 33.2 Å². The molecule has 1 aliphatic heterocycles. The average molecular weight is 370 g/mol. The number of hydrogen-bond acceptors (Lipinski definition) is 6. The zero-order valence-electron chi connectivity index (χ0n) is 14.1. The van der Waals surface area contributed by atoms with E-state index < -0.39 is 9.84 Å². The Kier molecular flexibility index (Phi) is 4.83. The molecule has 0 radical (unpaired) electrons. The third kappa shape index (κ3) is 3.42. The van der Waals surface area contributed by atoms with Crippen molar-refractivity contribution in [3.63, 3.8) is 0 Å². The Balaban J connectivity index is 1.99. The van der Waals surface area contributed by atoms with Crippen molar-refractivity contribution in [3.8, 4) is 0 Å². The van der Waals surface area contributed by atoms with E-state index in [2.05, 4.69) is 4.90 Å². The Morgan fingerprint density at radius 3 is 2.54 bits per heavy atom. The van der Waals surface area contributed by atoms with Crippen molar-refractivity contribution in [2.24, 2.45) is 0 Å². The fraction of sp³-hybridized carbons (Fsp3) is 0.562. The number of benzene rings is 1. The molecule has 2 heterocycles. The van der Waals surface area contributed by atoms with E-state index in [1.54, 1.807) is 25.1 Å². The number of rotatable bonds is 4. The lowest BCUT2D eigenvalue weighted by molar-refractivity contribution is -0.0764. The Bertz CT molecular complexity index is 890. The molecular weight excluding hydrogens is 348 g/mol. The van der Waals surface area contributed by atoms with Crippen molar-refractivity contribution < 1.29 is 17.6 Å². The molecule has 3 rings (SSSR count). The van der Waals surface area contributed by atoms with E-state index in [9.17, 15) is 8.42 Å². The predicted octanol–water partition coefficient (Wildman–Crippen LogP) is 2.82. The molecule has 0 unspecified atom stereocenters. The number of sulfone groups is 1. The Labute approximate surface area is 146 Å². The van der Waals surface area contributed by atoms with E-state index in [4.69, 9.17) is 21.4 Å². The highest BCUT2D eigenvalue weighted by atomic mass is 32.2. The number of nitrogens with zero attached hydrogens (tertiary/aromatic N) is 2. The molecule has 0 bridgehead atoms. The monoisotopic (exact) mass is 370 g/mol. The molecule has 132 valence electrons. The maximum atomic E-state index is 12.1. The summed E-state index contributed by atoms with van der Waals surface area (Å²) in [5, 5.41) is 0. The summed E-state index contributed by atoms with van der Waals surface area (Å²) in [6, 6.07) is 4.90. The fourth-order valence-electron chi connectivity index (χ4n) is 3.14. The summed E-state index contributed by atoms with van der Waals surface area (Å²) in [6.07, 6.45) is 0.300. The summed E-state index contributed by atoms with van der Waals surface area (Å²) in [4.78, 5) is 2.89. The van der Waals surface area contributed by atoms with Crippen LogP contribution in [0.1, 0.15) is 20.8 Å². The van der Waals surface area contributed by atoms with Gasteiger partial charge in [-0.25, -0.2) is 8.42 Å². The van der Waals surface area contributed by atoms with Crippen LogP contribution >= 0.6 is 12.2 Å². The van der Waals surface area contributed by atoms with Crippen molar-refractivity contribution in [2.75, 3.05) is 18.8 Å². The largest absolute Gasteiger partial charge is 0.429 e. The van der Waals surface area contributed by atoms with E-state index in [1.165, 1.54) is 0 Å². The molecule has 2 aromatic rings. The maximum absolute atomic E-state index is 12.1. The lowest BCUT2D eigenvalue weighted by Gasteiger charge is -2.35. The zero-order chi connectivity index (χ0) is 17.5. The molecule has 1 aromatic heterocycles. The second kappa shape index (κ2) is 6.59. The predicted molar refractivity (Wildman–Crippen MR) is 94.3 cm³/mol. The minimum Gasteiger partial charge on any atom is -0.429 e. The molecule has 1 fully saturated rings. The standard InChI is InChI=1S/C16H22N2O4S2/c1-4-24(19,20)13-5-6-15-14(7-13)18(16(23)22-15)10-17-8-11(2)21-12(3)9-17/h5-7,11-12H,4,8-10H2,1-3H3/t11-,12+. The summed E-state index contributed by atoms with van der Waals surface area (Å²) in [7, 11) is -3.27. The van der Waals surface area contributed by atoms with Gasteiger partial charge in [0.1, 0.15) is 0 Å². The van der Waals surface area contributed by atoms with Crippen LogP contribution in [-0.2, 0) is 21.2 Å². The van der Waals surface area contributed by atoms with Crippen molar-refractivity contribution in [2.45, 2.75) is 44.5 Å². The number of morpholine rings is 1. The first-order valence-corrected chi connectivity index (χ1v) is 10.1. The van der Waals surface area contributed by atoms with Crippen LogP contribution in [0.4, 0.5) is 0 Å². The normalized spacial score (nSPS) is 23.0. The number of hydrogen-bond donors (Lipinski definition) is 0. The number of ether oxygens (including phenoxy) is 1. The SMILES string of the molecule is CCS(=O)(=O)c1ccc2oc(=S)n(CN3C[C@@H](C)O[C@@H](C)C3)c2c1. The van der Waals surface area contributed by atoms with Gasteiger partial charge in [-0.3, -0.25) is 9.47 Å². The molecule has 6 nitrogen and oxygen atoms in total. The van der Waals surface area contributed by atoms with Crippen LogP contribution in [0.2, 0.25) is 0 Å². The third-order valence-electron chi connectivity index (χ3n) is 4.21. The molecule has 1 aromatic carbocycles. The summed E-state index contributed by atoms with van der Waals surface area (Å²) in [5.74, 6) is 0.0651. The topological polar surface area (TPSA) is 64.7 Å². The summed E-state index contributed by atoms with van der Waals surface area (Å²) < 4.78 is 37.5. The van der Waals surface area contributed by atoms with Crippen molar-refractivity contribution in [3.05, 3.63) is 23.0 Å². The zero-order valence-corrected chi connectivity index (χ0v) is 15.7. The first-order valence-electron chi connectivity index (χ1n) is 8.04. The van der Waals surface area contributed by atoms with E-state index in [1.807, 2.05) is 18.4 Å². The third-order valence-corrected chi connectivity index (χ3v) is 6.25. The van der Waals surface area contributed by atoms with Crippen molar-refractivity contribution in [1.29, 1.82) is 0 Å². The van der Waals surface area contributed by atoms with Crippen LogP contribution < -0.4 is 0 Å². The number of aromatic nitrogens is 1. The van der Waals surface area contributed by atoms with Gasteiger partial charge in [-0.1, -0.05) is 6.92 Å². The van der Waals surface area contributed by atoms with Gasteiger partial charge in [0.25, 0.3) is 4.84 Å². The minimum atomic E-state index is -3.27. The molecule has 24 heavy (non-hydrogen) atoms. The molecular formula is C16H22N2O4S2. The molecule has 0 spiro atoms. The minimum absolute atomic E-state index is 0.0651. The number of oxazole rings is 1. The highest BCUT2D eigenvalue weighted by molar-refractivity contribution is 7.91. The summed E-state index contributed by atoms with van der Waals surface area (Å²) >= 11 is 5.33. The quantitative estimate of drug-likeness (QED) is 0.771. The Morgan fingerprint density at radius 2 is 1.92 bits per heavy atom. The second-order valence-electron chi connectivity index (χ2n) is 6.26. The smallest absolute Gasteiger partial charge is 0.270 e. The van der Waals surface area contributed by atoms with Gasteiger partial charge >= 0.3 is 0 Å². The van der Waals surface area contributed by atoms with E-state index in [0.29, 0.717) is 27.5 Å². The van der Waals surface area contributed by atoms with Gasteiger partial charge < -0.3 is 9.15 Å². The van der Waals surface area contributed by atoms with Crippen molar-refractivity contribution in [1.82, 2.24) is 9.47 Å². The van der Waals surface area contributed by atoms with E-state index in [-0.39, 0.29) is 18.0 Å². The molecule has 2 atom stereocenters. The highest BCUT2D eigenvalue weighted by Crippen LogP contribution is 2.23. The van der Waals surface area contributed by atoms with Crippen LogP contribution in [0.5, 0.6) is 0 Å². The molecule has 0 aliphatic carbocycles. The first-order chi connectivity index (χ1) is 11.3. The second-order valence-corrected chi connectivity index (χ2v) is 8.89. The van der Waals surface area contributed by atoms with Gasteiger partial charge in [0.2, 0.25) is 0 Å². The molecule has 1 aliphatic rings. The van der Waals surface area contributed by atoms with Gasteiger partial charge in [0.15, 0.2) is 15.4 Å². The van der Waals surface area contributed by atoms with Crippen LogP contribution in [0.3, 0.4) is 0 Å². The molecule has 0 saturated carbocycles. The van der Waals surface area contributed by atoms with Crippen LogP contribution in [-0.4, -0.2) is 48.9 Å². The molecule has 8 heteroatoms. The van der Waals surface area contributed by atoms with E-state index >= 15 is 0 Å². The van der Waals surface area contributed by atoms with Gasteiger partial charge in [-0.2, -0.15) is 0 Å². The van der Waals surface area contributed by atoms with E-state index in [0.717, 1.165) is 13.1 Å². The fourth-order valence-corrected chi connectivity index (χ4v) is 4.28. The first kappa shape index (κ1) is 17.6. The molecule has 0 N–H and O–H groups in total.